The Morgan fingerprint density at radius 2 is 1.62 bits per heavy atom. The number of hydrogen-bond donors (Lipinski definition) is 2. The summed E-state index contributed by atoms with van der Waals surface area (Å²) in [7, 11) is 0. The summed E-state index contributed by atoms with van der Waals surface area (Å²) < 4.78 is 21.8. The van der Waals surface area contributed by atoms with E-state index < -0.39 is 17.7 Å². The number of hydrogen-bond acceptors (Lipinski definition) is 3. The average molecular weight is 563 g/mol. The third-order valence-corrected chi connectivity index (χ3v) is 7.02. The van der Waals surface area contributed by atoms with Gasteiger partial charge in [-0.2, -0.15) is 0 Å². The smallest absolute Gasteiger partial charge is 0.303 e. The van der Waals surface area contributed by atoms with Crippen LogP contribution in [-0.4, -0.2) is 28.2 Å². The van der Waals surface area contributed by atoms with Crippen molar-refractivity contribution in [1.29, 1.82) is 0 Å². The molecule has 1 amide bonds. The van der Waals surface area contributed by atoms with Crippen molar-refractivity contribution in [2.75, 3.05) is 11.9 Å². The summed E-state index contributed by atoms with van der Waals surface area (Å²) in [5, 5.41) is 12.5. The van der Waals surface area contributed by atoms with Gasteiger partial charge in [0.05, 0.1) is 18.3 Å². The lowest BCUT2D eigenvalue weighted by Crippen LogP contribution is -2.11. The number of aromatic nitrogens is 1. The molecule has 0 atom stereocenters. The molecule has 212 valence electrons. The number of allylic oxidation sites excluding steroid dienone is 1. The van der Waals surface area contributed by atoms with Gasteiger partial charge in [-0.3, -0.25) is 9.59 Å². The molecule has 5 rings (SSSR count). The summed E-state index contributed by atoms with van der Waals surface area (Å²) in [5.74, 6) is -1.60. The van der Waals surface area contributed by atoms with E-state index in [9.17, 15) is 14.0 Å². The first kappa shape index (κ1) is 28.4. The largest absolute Gasteiger partial charge is 0.491 e. The Morgan fingerprint density at radius 1 is 0.929 bits per heavy atom. The van der Waals surface area contributed by atoms with Crippen LogP contribution in [-0.2, 0) is 9.59 Å². The van der Waals surface area contributed by atoms with Gasteiger partial charge >= 0.3 is 5.97 Å². The number of amides is 1. The van der Waals surface area contributed by atoms with Crippen LogP contribution in [0.25, 0.3) is 16.5 Å². The Labute approximate surface area is 243 Å². The van der Waals surface area contributed by atoms with Crippen LogP contribution in [0.4, 0.5) is 10.1 Å². The topological polar surface area (TPSA) is 80.6 Å². The molecule has 0 saturated heterocycles. The summed E-state index contributed by atoms with van der Waals surface area (Å²) in [5.41, 5.74) is 5.24. The Bertz CT molecular complexity index is 1690. The van der Waals surface area contributed by atoms with E-state index in [-0.39, 0.29) is 30.5 Å². The molecule has 6 nitrogen and oxygen atoms in total. The Morgan fingerprint density at radius 3 is 2.29 bits per heavy atom. The van der Waals surface area contributed by atoms with Crippen molar-refractivity contribution in [1.82, 2.24) is 4.57 Å². The maximum atomic E-state index is 13.9. The molecule has 42 heavy (non-hydrogen) atoms. The second-order valence-electron chi connectivity index (χ2n) is 10.0. The molecular weight excluding hydrogens is 531 g/mol. The number of carboxylic acid groups (broad SMARTS) is 1. The van der Waals surface area contributed by atoms with Gasteiger partial charge in [-0.25, -0.2) is 4.39 Å². The van der Waals surface area contributed by atoms with Crippen LogP contribution < -0.4 is 10.1 Å². The molecule has 0 fully saturated rings. The molecule has 7 heteroatoms. The van der Waals surface area contributed by atoms with Crippen molar-refractivity contribution < 1.29 is 23.8 Å². The third kappa shape index (κ3) is 6.75. The van der Waals surface area contributed by atoms with Crippen LogP contribution in [0.3, 0.4) is 0 Å². The van der Waals surface area contributed by atoms with Crippen LogP contribution in [0.5, 0.6) is 5.75 Å². The molecule has 2 N–H and O–H groups in total. The van der Waals surface area contributed by atoms with Gasteiger partial charge in [-0.1, -0.05) is 66.7 Å². The highest BCUT2D eigenvalue weighted by molar-refractivity contribution is 6.05. The van der Waals surface area contributed by atoms with E-state index in [1.54, 1.807) is 0 Å². The van der Waals surface area contributed by atoms with E-state index in [4.69, 9.17) is 9.84 Å². The van der Waals surface area contributed by atoms with Crippen molar-refractivity contribution >= 4 is 34.0 Å². The highest BCUT2D eigenvalue weighted by Gasteiger charge is 2.18. The molecule has 4 aromatic carbocycles. The number of ether oxygens (including phenoxy) is 1. The van der Waals surface area contributed by atoms with Crippen molar-refractivity contribution in [2.24, 2.45) is 0 Å². The molecule has 0 aliphatic rings. The first-order valence-corrected chi connectivity index (χ1v) is 13.7. The lowest BCUT2D eigenvalue weighted by Gasteiger charge is -2.21. The predicted molar refractivity (Wildman–Crippen MR) is 163 cm³/mol. The minimum atomic E-state index is -0.922. The van der Waals surface area contributed by atoms with E-state index in [1.165, 1.54) is 35.4 Å². The number of carboxylic acids is 1. The molecule has 1 heterocycles. The summed E-state index contributed by atoms with van der Waals surface area (Å²) in [6, 6.07) is 32.8. The van der Waals surface area contributed by atoms with E-state index in [0.29, 0.717) is 6.42 Å². The Hall–Kier alpha value is -5.17. The fourth-order valence-corrected chi connectivity index (χ4v) is 5.00. The number of nitrogens with one attached hydrogen (secondary N) is 1. The maximum Gasteiger partial charge on any atom is 0.303 e. The highest BCUT2D eigenvalue weighted by Crippen LogP contribution is 2.32. The van der Waals surface area contributed by atoms with Gasteiger partial charge in [0.1, 0.15) is 11.6 Å². The van der Waals surface area contributed by atoms with Gasteiger partial charge in [0.25, 0.3) is 0 Å². The number of rotatable bonds is 11. The van der Waals surface area contributed by atoms with Crippen molar-refractivity contribution in [2.45, 2.75) is 25.8 Å². The van der Waals surface area contributed by atoms with Crippen LogP contribution in [0.15, 0.2) is 115 Å². The third-order valence-electron chi connectivity index (χ3n) is 7.02. The van der Waals surface area contributed by atoms with E-state index >= 15 is 0 Å². The normalized spacial score (nSPS) is 11.5. The highest BCUT2D eigenvalue weighted by atomic mass is 19.1. The monoisotopic (exact) mass is 562 g/mol. The van der Waals surface area contributed by atoms with E-state index in [1.807, 2.05) is 49.4 Å². The molecule has 0 aliphatic carbocycles. The predicted octanol–water partition coefficient (Wildman–Crippen LogP) is 7.70. The average Bonchev–Trinajstić information content (AvgIpc) is 3.40. The van der Waals surface area contributed by atoms with Gasteiger partial charge in [-0.15, -0.1) is 0 Å². The number of anilines is 1. The van der Waals surface area contributed by atoms with Crippen LogP contribution in [0.1, 0.15) is 42.5 Å². The zero-order valence-electron chi connectivity index (χ0n) is 23.2. The molecular formula is C35H31FN2O4. The fraction of sp³-hybridized carbons (Fsp3) is 0.143. The minimum Gasteiger partial charge on any atom is -0.491 e. The number of carbonyl (C=O) groups is 2. The lowest BCUT2D eigenvalue weighted by molar-refractivity contribution is -0.137. The van der Waals surface area contributed by atoms with E-state index in [0.717, 1.165) is 22.0 Å². The summed E-state index contributed by atoms with van der Waals surface area (Å²) in [6.45, 7) is 1.98. The van der Waals surface area contributed by atoms with Crippen molar-refractivity contribution in [3.8, 4) is 5.75 Å². The molecule has 0 spiro atoms. The molecule has 0 radical (unpaired) electrons. The van der Waals surface area contributed by atoms with Crippen LogP contribution >= 0.6 is 0 Å². The number of halogens is 1. The summed E-state index contributed by atoms with van der Waals surface area (Å²) >= 11 is 0. The van der Waals surface area contributed by atoms with Gasteiger partial charge in [-0.05, 0) is 65.9 Å². The lowest BCUT2D eigenvalue weighted by atomic mass is 9.98. The SMILES string of the molecule is C/C(=C\C(=O)Nc1cc(F)ccc1OCCCC(=O)O)c1ccc2c(ccn2C(c2ccccc2)c2ccccc2)c1. The maximum absolute atomic E-state index is 13.9. The number of benzene rings is 4. The standard InChI is InChI=1S/C35H31FN2O4/c1-24(21-33(39)37-30-23-29(36)15-17-32(30)42-20-8-13-34(40)41)27-14-16-31-28(22-27)18-19-38(31)35(25-9-4-2-5-10-25)26-11-6-3-7-12-26/h2-7,9-12,14-19,21-23,35H,8,13,20H2,1H3,(H,37,39)(H,40,41)/b24-21+. The molecule has 0 saturated carbocycles. The van der Waals surface area contributed by atoms with Crippen molar-refractivity contribution in [3.63, 3.8) is 0 Å². The number of nitrogens with zero attached hydrogens (tertiary/aromatic N) is 1. The number of aliphatic carboxylic acids is 1. The second-order valence-corrected chi connectivity index (χ2v) is 10.0. The van der Waals surface area contributed by atoms with Gasteiger partial charge < -0.3 is 19.7 Å². The van der Waals surface area contributed by atoms with Crippen molar-refractivity contribution in [3.05, 3.63) is 138 Å². The van der Waals surface area contributed by atoms with Gasteiger partial charge in [0.2, 0.25) is 5.91 Å². The molecule has 5 aromatic rings. The summed E-state index contributed by atoms with van der Waals surface area (Å²) in [4.78, 5) is 23.6. The Balaban J connectivity index is 1.37. The molecule has 0 bridgehead atoms. The van der Waals surface area contributed by atoms with E-state index in [2.05, 4.69) is 58.5 Å². The Kier molecular flexibility index (Phi) is 8.78. The minimum absolute atomic E-state index is 0.00461. The fourth-order valence-electron chi connectivity index (χ4n) is 5.00. The molecule has 0 unspecified atom stereocenters. The quantitative estimate of drug-likeness (QED) is 0.128. The number of fused-ring (bicyclic) bond motifs is 1. The first-order valence-electron chi connectivity index (χ1n) is 13.7. The van der Waals surface area contributed by atoms with Gasteiger partial charge in [0.15, 0.2) is 0 Å². The van der Waals surface area contributed by atoms with Gasteiger partial charge in [0, 0.05) is 35.7 Å². The molecule has 0 aliphatic heterocycles. The number of carbonyl (C=O) groups excluding carboxylic acids is 1. The zero-order valence-corrected chi connectivity index (χ0v) is 23.2. The van der Waals surface area contributed by atoms with Crippen LogP contribution in [0.2, 0.25) is 0 Å². The van der Waals surface area contributed by atoms with Crippen LogP contribution in [0, 0.1) is 5.82 Å². The second kappa shape index (κ2) is 13.0. The zero-order chi connectivity index (χ0) is 29.5. The molecule has 1 aromatic heterocycles. The first-order chi connectivity index (χ1) is 20.4. The summed E-state index contributed by atoms with van der Waals surface area (Å²) in [6.07, 6.45) is 3.80.